The Morgan fingerprint density at radius 1 is 0.700 bits per heavy atom. The third-order valence-electron chi connectivity index (χ3n) is 5.47. The van der Waals surface area contributed by atoms with Crippen LogP contribution in [0.25, 0.3) is 11.6 Å². The van der Waals surface area contributed by atoms with Crippen LogP contribution in [0, 0.1) is 27.7 Å². The second-order valence-electron chi connectivity index (χ2n) is 7.72. The van der Waals surface area contributed by atoms with Crippen LogP contribution >= 0.6 is 0 Å². The van der Waals surface area contributed by atoms with Gasteiger partial charge >= 0.3 is 0 Å². The van der Waals surface area contributed by atoms with E-state index in [-0.39, 0.29) is 0 Å². The molecule has 3 aromatic rings. The number of aliphatic hydroxyl groups excluding tert-OH is 1. The molecule has 0 saturated heterocycles. The lowest BCUT2D eigenvalue weighted by Gasteiger charge is -2.19. The second-order valence-corrected chi connectivity index (χ2v) is 7.72. The van der Waals surface area contributed by atoms with E-state index in [1.807, 2.05) is 54.7 Å². The first-order chi connectivity index (χ1) is 14.5. The Hall–Kier alpha value is -3.37. The number of pyridine rings is 1. The van der Waals surface area contributed by atoms with Crippen molar-refractivity contribution in [1.29, 1.82) is 0 Å². The second kappa shape index (κ2) is 8.17. The Morgan fingerprint density at radius 3 is 1.70 bits per heavy atom. The van der Waals surface area contributed by atoms with Crippen LogP contribution in [-0.2, 0) is 0 Å². The third-order valence-corrected chi connectivity index (χ3v) is 5.47. The summed E-state index contributed by atoms with van der Waals surface area (Å²) >= 11 is 0. The van der Waals surface area contributed by atoms with E-state index >= 15 is 0 Å². The fraction of sp³-hybridized carbons (Fsp3) is 0.192. The summed E-state index contributed by atoms with van der Waals surface area (Å²) in [5.74, 6) is 1.61. The molecule has 4 rings (SSSR count). The normalized spacial score (nSPS) is 16.6. The summed E-state index contributed by atoms with van der Waals surface area (Å²) in [5, 5.41) is 11.3. The number of aryl methyl sites for hydroxylation is 4. The Labute approximate surface area is 177 Å². The lowest BCUT2D eigenvalue weighted by atomic mass is 10.00. The molecular weight excluding hydrogens is 370 g/mol. The van der Waals surface area contributed by atoms with Crippen LogP contribution in [0.4, 0.5) is 0 Å². The molecule has 0 radical (unpaired) electrons. The highest BCUT2D eigenvalue weighted by atomic mass is 16.3. The molecule has 1 unspecified atom stereocenters. The van der Waals surface area contributed by atoms with Crippen molar-refractivity contribution in [2.24, 2.45) is 0 Å². The standard InChI is InChI=1S/C26H27N3O/c1-18-12-13-19(2)28(18)24-16-23(26(30)22-10-8-6-5-7-9-11-22)17-25(27-24)29-20(3)14-15-21(29)4/h5-17,26,30H,1-4H3/b6-5-,7-5?,8-6?,9-7-,10-8?,11-9?,22-10?,22-11?. The van der Waals surface area contributed by atoms with Gasteiger partial charge in [-0.25, -0.2) is 4.98 Å². The minimum absolute atomic E-state index is 0.759. The van der Waals surface area contributed by atoms with E-state index in [1.54, 1.807) is 0 Å². The first-order valence-corrected chi connectivity index (χ1v) is 10.2. The van der Waals surface area contributed by atoms with Gasteiger partial charge in [-0.2, -0.15) is 0 Å². The van der Waals surface area contributed by atoms with E-state index in [9.17, 15) is 5.11 Å². The molecule has 1 atom stereocenters. The van der Waals surface area contributed by atoms with Gasteiger partial charge in [-0.05, 0) is 75.2 Å². The van der Waals surface area contributed by atoms with E-state index in [1.165, 1.54) is 0 Å². The van der Waals surface area contributed by atoms with Crippen LogP contribution in [0.2, 0.25) is 0 Å². The summed E-state index contributed by atoms with van der Waals surface area (Å²) in [6.45, 7) is 8.28. The first kappa shape index (κ1) is 19.9. The molecular formula is C26H27N3O. The van der Waals surface area contributed by atoms with Crippen molar-refractivity contribution >= 4 is 0 Å². The zero-order valence-corrected chi connectivity index (χ0v) is 17.9. The fourth-order valence-electron chi connectivity index (χ4n) is 3.92. The predicted molar refractivity (Wildman–Crippen MR) is 122 cm³/mol. The number of allylic oxidation sites excluding steroid dienone is 6. The fourth-order valence-corrected chi connectivity index (χ4v) is 3.92. The Morgan fingerprint density at radius 2 is 1.17 bits per heavy atom. The molecule has 0 amide bonds. The lowest BCUT2D eigenvalue weighted by molar-refractivity contribution is 0.219. The number of rotatable bonds is 4. The number of nitrogens with zero attached hydrogens (tertiary/aromatic N) is 3. The van der Waals surface area contributed by atoms with Crippen LogP contribution in [-0.4, -0.2) is 19.2 Å². The van der Waals surface area contributed by atoms with Crippen molar-refractivity contribution < 1.29 is 5.11 Å². The largest absolute Gasteiger partial charge is 0.384 e. The predicted octanol–water partition coefficient (Wildman–Crippen LogP) is 5.54. The average Bonchev–Trinajstić information content (AvgIpc) is 3.21. The van der Waals surface area contributed by atoms with E-state index < -0.39 is 6.10 Å². The molecule has 1 aliphatic carbocycles. The third kappa shape index (κ3) is 3.74. The maximum Gasteiger partial charge on any atom is 0.139 e. The van der Waals surface area contributed by atoms with E-state index in [4.69, 9.17) is 4.98 Å². The van der Waals surface area contributed by atoms with Gasteiger partial charge in [0.15, 0.2) is 0 Å². The lowest BCUT2D eigenvalue weighted by Crippen LogP contribution is -2.11. The van der Waals surface area contributed by atoms with Crippen molar-refractivity contribution in [3.05, 3.63) is 113 Å². The minimum Gasteiger partial charge on any atom is -0.384 e. The van der Waals surface area contributed by atoms with Gasteiger partial charge in [0.1, 0.15) is 17.7 Å². The number of hydrogen-bond donors (Lipinski definition) is 1. The molecule has 4 heteroatoms. The Balaban J connectivity index is 1.90. The molecule has 152 valence electrons. The minimum atomic E-state index is -0.759. The molecule has 0 aliphatic heterocycles. The zero-order valence-electron chi connectivity index (χ0n) is 17.9. The van der Waals surface area contributed by atoms with Crippen LogP contribution in [0.5, 0.6) is 0 Å². The Kier molecular flexibility index (Phi) is 5.42. The maximum absolute atomic E-state index is 11.3. The van der Waals surface area contributed by atoms with Gasteiger partial charge in [0.05, 0.1) is 0 Å². The highest BCUT2D eigenvalue weighted by Gasteiger charge is 2.18. The molecule has 3 aromatic heterocycles. The summed E-state index contributed by atoms with van der Waals surface area (Å²) in [4.78, 5) is 4.97. The molecule has 0 spiro atoms. The van der Waals surface area contributed by atoms with Gasteiger partial charge in [-0.3, -0.25) is 0 Å². The molecule has 0 saturated carbocycles. The molecule has 0 aromatic carbocycles. The highest BCUT2D eigenvalue weighted by Crippen LogP contribution is 2.28. The van der Waals surface area contributed by atoms with Gasteiger partial charge in [0.2, 0.25) is 0 Å². The summed E-state index contributed by atoms with van der Waals surface area (Å²) in [6, 6.07) is 12.3. The van der Waals surface area contributed by atoms with Crippen molar-refractivity contribution in [3.8, 4) is 11.6 Å². The van der Waals surface area contributed by atoms with Gasteiger partial charge < -0.3 is 14.2 Å². The van der Waals surface area contributed by atoms with Gasteiger partial charge in [-0.15, -0.1) is 0 Å². The Bertz CT molecular complexity index is 1100. The van der Waals surface area contributed by atoms with Crippen molar-refractivity contribution in [3.63, 3.8) is 0 Å². The van der Waals surface area contributed by atoms with Crippen molar-refractivity contribution in [2.75, 3.05) is 0 Å². The molecule has 30 heavy (non-hydrogen) atoms. The van der Waals surface area contributed by atoms with Gasteiger partial charge in [0.25, 0.3) is 0 Å². The SMILES string of the molecule is Cc1ccc(C)n1-c1cc(C(O)C2=C/C=C\C=C/C=C2)cc(-n2c(C)ccc2C)n1. The molecule has 0 bridgehead atoms. The smallest absolute Gasteiger partial charge is 0.139 e. The van der Waals surface area contributed by atoms with E-state index in [0.29, 0.717) is 0 Å². The molecule has 4 nitrogen and oxygen atoms in total. The monoisotopic (exact) mass is 397 g/mol. The van der Waals surface area contributed by atoms with E-state index in [2.05, 4.69) is 61.1 Å². The van der Waals surface area contributed by atoms with Gasteiger partial charge in [-0.1, -0.05) is 42.5 Å². The maximum atomic E-state index is 11.3. The van der Waals surface area contributed by atoms with Crippen LogP contribution in [0.1, 0.15) is 34.4 Å². The summed E-state index contributed by atoms with van der Waals surface area (Å²) < 4.78 is 4.25. The van der Waals surface area contributed by atoms with E-state index in [0.717, 1.165) is 45.5 Å². The molecule has 3 heterocycles. The first-order valence-electron chi connectivity index (χ1n) is 10.2. The summed E-state index contributed by atoms with van der Waals surface area (Å²) in [5.41, 5.74) is 6.08. The highest BCUT2D eigenvalue weighted by molar-refractivity contribution is 5.47. The van der Waals surface area contributed by atoms with Crippen molar-refractivity contribution in [1.82, 2.24) is 14.1 Å². The zero-order chi connectivity index (χ0) is 21.3. The van der Waals surface area contributed by atoms with Crippen LogP contribution in [0.3, 0.4) is 0 Å². The number of hydrogen-bond acceptors (Lipinski definition) is 2. The van der Waals surface area contributed by atoms with Crippen LogP contribution in [0.15, 0.2) is 84.5 Å². The summed E-state index contributed by atoms with van der Waals surface area (Å²) in [6.07, 6.45) is 12.9. The van der Waals surface area contributed by atoms with Gasteiger partial charge in [0, 0.05) is 22.8 Å². The molecule has 0 fully saturated rings. The molecule has 1 N–H and O–H groups in total. The summed E-state index contributed by atoms with van der Waals surface area (Å²) in [7, 11) is 0. The van der Waals surface area contributed by atoms with Crippen LogP contribution < -0.4 is 0 Å². The average molecular weight is 398 g/mol. The number of aliphatic hydroxyl groups is 1. The quantitative estimate of drug-likeness (QED) is 0.628. The number of aromatic nitrogens is 3. The topological polar surface area (TPSA) is 43.0 Å². The molecule has 1 aliphatic rings. The van der Waals surface area contributed by atoms with Crippen molar-refractivity contribution in [2.45, 2.75) is 33.8 Å².